The molecular formula is C30H38N2O4+2. The first kappa shape index (κ1) is 24.8. The van der Waals surface area contributed by atoms with E-state index in [1.165, 1.54) is 32.1 Å². The Hall–Kier alpha value is -2.90. The van der Waals surface area contributed by atoms with Crippen LogP contribution in [0, 0.1) is 0 Å². The Labute approximate surface area is 213 Å². The summed E-state index contributed by atoms with van der Waals surface area (Å²) >= 11 is 0. The molecule has 2 heterocycles. The Morgan fingerprint density at radius 1 is 0.583 bits per heavy atom. The lowest BCUT2D eigenvalue weighted by Crippen LogP contribution is -3.13. The molecule has 2 unspecified atom stereocenters. The standard InChI is InChI=1S/C30H36N2O4/c33-27(19-31-15-13-23-5-1-3-7-25(23)17-31)21-35-29-9-11-30(12-10-29)36-22-28(34)20-32-16-14-24-6-2-4-8-26(24)18-32/h1-12,27-28,33-34H,13-22H2/p+2/t27-,28-/m0/s1. The van der Waals surface area contributed by atoms with Gasteiger partial charge in [0.2, 0.25) is 0 Å². The summed E-state index contributed by atoms with van der Waals surface area (Å²) in [5.41, 5.74) is 5.63. The molecule has 0 spiro atoms. The summed E-state index contributed by atoms with van der Waals surface area (Å²) in [5.74, 6) is 1.41. The van der Waals surface area contributed by atoms with Crippen molar-refractivity contribution in [2.24, 2.45) is 0 Å². The second-order valence-corrected chi connectivity index (χ2v) is 10.2. The number of fused-ring (bicyclic) bond motifs is 2. The fraction of sp³-hybridized carbons (Fsp3) is 0.400. The van der Waals surface area contributed by atoms with Gasteiger partial charge in [-0.3, -0.25) is 0 Å². The number of hydrogen-bond acceptors (Lipinski definition) is 4. The minimum Gasteiger partial charge on any atom is -0.491 e. The van der Waals surface area contributed by atoms with Crippen LogP contribution >= 0.6 is 0 Å². The molecule has 6 heteroatoms. The minimum atomic E-state index is -0.513. The molecule has 0 amide bonds. The number of aliphatic hydroxyl groups excluding tert-OH is 2. The molecular weight excluding hydrogens is 452 g/mol. The first-order valence-electron chi connectivity index (χ1n) is 13.1. The molecule has 0 fully saturated rings. The third-order valence-corrected chi connectivity index (χ3v) is 7.37. The van der Waals surface area contributed by atoms with Gasteiger partial charge in [0.15, 0.2) is 0 Å². The molecule has 0 aliphatic carbocycles. The number of ether oxygens (including phenoxy) is 2. The van der Waals surface area contributed by atoms with Gasteiger partial charge in [0, 0.05) is 24.0 Å². The Bertz CT molecular complexity index is 1030. The van der Waals surface area contributed by atoms with Crippen molar-refractivity contribution in [3.63, 3.8) is 0 Å². The molecule has 2 aliphatic heterocycles. The monoisotopic (exact) mass is 490 g/mol. The van der Waals surface area contributed by atoms with Gasteiger partial charge in [-0.25, -0.2) is 0 Å². The van der Waals surface area contributed by atoms with Crippen LogP contribution in [0.3, 0.4) is 0 Å². The highest BCUT2D eigenvalue weighted by Gasteiger charge is 2.23. The topological polar surface area (TPSA) is 67.8 Å². The maximum atomic E-state index is 10.5. The van der Waals surface area contributed by atoms with Gasteiger partial charge in [-0.15, -0.1) is 0 Å². The van der Waals surface area contributed by atoms with Gasteiger partial charge in [-0.05, 0) is 35.4 Å². The molecule has 4 atom stereocenters. The molecule has 190 valence electrons. The van der Waals surface area contributed by atoms with Crippen molar-refractivity contribution in [1.29, 1.82) is 0 Å². The van der Waals surface area contributed by atoms with Gasteiger partial charge >= 0.3 is 0 Å². The Balaban J connectivity index is 1.01. The van der Waals surface area contributed by atoms with Crippen molar-refractivity contribution in [3.05, 3.63) is 95.1 Å². The van der Waals surface area contributed by atoms with Crippen LogP contribution in [0.5, 0.6) is 11.5 Å². The van der Waals surface area contributed by atoms with Gasteiger partial charge in [0.25, 0.3) is 0 Å². The van der Waals surface area contributed by atoms with Crippen molar-refractivity contribution in [2.75, 3.05) is 39.4 Å². The average Bonchev–Trinajstić information content (AvgIpc) is 2.91. The zero-order valence-corrected chi connectivity index (χ0v) is 20.9. The lowest BCUT2D eigenvalue weighted by Gasteiger charge is -2.27. The lowest BCUT2D eigenvalue weighted by atomic mass is 10.00. The molecule has 0 saturated heterocycles. The number of rotatable bonds is 10. The van der Waals surface area contributed by atoms with E-state index in [0.29, 0.717) is 24.6 Å². The average molecular weight is 491 g/mol. The minimum absolute atomic E-state index is 0.270. The third kappa shape index (κ3) is 6.65. The highest BCUT2D eigenvalue weighted by atomic mass is 16.5. The molecule has 0 saturated carbocycles. The molecule has 0 aromatic heterocycles. The Kier molecular flexibility index (Phi) is 8.18. The zero-order chi connectivity index (χ0) is 24.7. The van der Waals surface area contributed by atoms with E-state index in [1.807, 2.05) is 24.3 Å². The first-order chi connectivity index (χ1) is 17.6. The highest BCUT2D eigenvalue weighted by Crippen LogP contribution is 2.18. The summed E-state index contributed by atoms with van der Waals surface area (Å²) in [6.45, 7) is 5.89. The van der Waals surface area contributed by atoms with Gasteiger partial charge in [0.1, 0.15) is 63.1 Å². The number of hydrogen-bond donors (Lipinski definition) is 4. The van der Waals surface area contributed by atoms with E-state index in [-0.39, 0.29) is 13.2 Å². The summed E-state index contributed by atoms with van der Waals surface area (Å²) in [5, 5.41) is 21.0. The van der Waals surface area contributed by atoms with E-state index >= 15 is 0 Å². The maximum Gasteiger partial charge on any atom is 0.137 e. The van der Waals surface area contributed by atoms with Crippen molar-refractivity contribution in [2.45, 2.75) is 38.1 Å². The number of benzene rings is 3. The van der Waals surface area contributed by atoms with Crippen LogP contribution in [0.1, 0.15) is 22.3 Å². The molecule has 3 aromatic carbocycles. The van der Waals surface area contributed by atoms with Crippen molar-refractivity contribution >= 4 is 0 Å². The van der Waals surface area contributed by atoms with E-state index in [4.69, 9.17) is 9.47 Å². The summed E-state index contributed by atoms with van der Waals surface area (Å²) in [6.07, 6.45) is 1.09. The second kappa shape index (κ2) is 11.9. The lowest BCUT2D eigenvalue weighted by molar-refractivity contribution is -0.919. The zero-order valence-electron chi connectivity index (χ0n) is 20.9. The van der Waals surface area contributed by atoms with E-state index in [1.54, 1.807) is 0 Å². The van der Waals surface area contributed by atoms with Crippen LogP contribution in [0.2, 0.25) is 0 Å². The van der Waals surface area contributed by atoms with Crippen LogP contribution in [0.15, 0.2) is 72.8 Å². The fourth-order valence-corrected chi connectivity index (χ4v) is 5.44. The van der Waals surface area contributed by atoms with E-state index in [0.717, 1.165) is 39.0 Å². The van der Waals surface area contributed by atoms with Crippen LogP contribution in [0.4, 0.5) is 0 Å². The van der Waals surface area contributed by atoms with Gasteiger partial charge in [-0.1, -0.05) is 48.5 Å². The normalized spacial score (nSPS) is 20.6. The molecule has 36 heavy (non-hydrogen) atoms. The van der Waals surface area contributed by atoms with E-state index in [9.17, 15) is 10.2 Å². The largest absolute Gasteiger partial charge is 0.491 e. The maximum absolute atomic E-state index is 10.5. The van der Waals surface area contributed by atoms with Gasteiger partial charge < -0.3 is 29.5 Å². The molecule has 2 aliphatic rings. The number of quaternary nitrogens is 2. The number of nitrogens with one attached hydrogen (secondary N) is 2. The first-order valence-corrected chi connectivity index (χ1v) is 13.1. The number of aliphatic hydroxyl groups is 2. The van der Waals surface area contributed by atoms with Crippen LogP contribution in [0.25, 0.3) is 0 Å². The summed E-state index contributed by atoms with van der Waals surface area (Å²) < 4.78 is 11.6. The molecule has 0 bridgehead atoms. The second-order valence-electron chi connectivity index (χ2n) is 10.2. The predicted molar refractivity (Wildman–Crippen MR) is 139 cm³/mol. The van der Waals surface area contributed by atoms with Crippen molar-refractivity contribution < 1.29 is 29.5 Å². The van der Waals surface area contributed by atoms with E-state index < -0.39 is 12.2 Å². The van der Waals surface area contributed by atoms with Crippen LogP contribution < -0.4 is 19.3 Å². The molecule has 5 rings (SSSR count). The third-order valence-electron chi connectivity index (χ3n) is 7.37. The molecule has 0 radical (unpaired) electrons. The fourth-order valence-electron chi connectivity index (χ4n) is 5.44. The van der Waals surface area contributed by atoms with E-state index in [2.05, 4.69) is 48.5 Å². The van der Waals surface area contributed by atoms with Crippen molar-refractivity contribution in [3.8, 4) is 11.5 Å². The smallest absolute Gasteiger partial charge is 0.137 e. The summed E-state index contributed by atoms with van der Waals surface area (Å²) in [4.78, 5) is 2.78. The molecule has 6 nitrogen and oxygen atoms in total. The van der Waals surface area contributed by atoms with Gasteiger partial charge in [0.05, 0.1) is 13.1 Å². The molecule has 3 aromatic rings. The van der Waals surface area contributed by atoms with Crippen LogP contribution in [-0.2, 0) is 25.9 Å². The Morgan fingerprint density at radius 3 is 1.39 bits per heavy atom. The Morgan fingerprint density at radius 2 is 0.972 bits per heavy atom. The predicted octanol–water partition coefficient (Wildman–Crippen LogP) is 0.448. The molecule has 4 N–H and O–H groups in total. The quantitative estimate of drug-likeness (QED) is 0.333. The highest BCUT2D eigenvalue weighted by molar-refractivity contribution is 5.31. The van der Waals surface area contributed by atoms with Crippen molar-refractivity contribution in [1.82, 2.24) is 0 Å². The SMILES string of the molecule is O[C@H](COc1ccc(OC[C@@H](O)C[NH+]2CCc3ccccc3C2)cc1)C[NH+]1CCc2ccccc2C1. The van der Waals surface area contributed by atoms with Gasteiger partial charge in [-0.2, -0.15) is 0 Å². The summed E-state index contributed by atoms with van der Waals surface area (Å²) in [7, 11) is 0. The van der Waals surface area contributed by atoms with Crippen LogP contribution in [-0.4, -0.2) is 61.8 Å². The summed E-state index contributed by atoms with van der Waals surface area (Å²) in [6, 6.07) is 24.6.